The first-order valence-electron chi connectivity index (χ1n) is 9.55. The van der Waals surface area contributed by atoms with Gasteiger partial charge in [0, 0.05) is 0 Å². The van der Waals surface area contributed by atoms with E-state index >= 15 is 0 Å². The Balaban J connectivity index is 3.03. The Bertz CT molecular complexity index is 725. The summed E-state index contributed by atoms with van der Waals surface area (Å²) < 4.78 is 42.8. The van der Waals surface area contributed by atoms with Crippen molar-refractivity contribution in [2.45, 2.75) is 58.3 Å². The summed E-state index contributed by atoms with van der Waals surface area (Å²) >= 11 is 0. The van der Waals surface area contributed by atoms with E-state index in [2.05, 4.69) is 0 Å². The Morgan fingerprint density at radius 2 is 1.29 bits per heavy atom. The average Bonchev–Trinajstić information content (AvgIpc) is 2.63. The molecule has 0 amide bonds. The standard InChI is InChI=1S/C20H30O7S/c1-5-7-14(3)12-26-19(21)16-9-17(11-18(10-16)28(23,24)25)20(22)27-13-15(4)8-6-2/h9-11,14-15H,5-8,12-13H2,1-4H3,(H,23,24,25). The number of carbonyl (C=O) groups excluding carboxylic acids is 2. The van der Waals surface area contributed by atoms with Crippen LogP contribution in [-0.2, 0) is 19.6 Å². The fourth-order valence-corrected chi connectivity index (χ4v) is 3.29. The molecule has 2 atom stereocenters. The molecule has 0 saturated carbocycles. The Labute approximate surface area is 167 Å². The summed E-state index contributed by atoms with van der Waals surface area (Å²) in [6, 6.07) is 3.19. The normalized spacial score (nSPS) is 13.6. The summed E-state index contributed by atoms with van der Waals surface area (Å²) in [6.45, 7) is 8.27. The van der Waals surface area contributed by atoms with Gasteiger partial charge in [-0.15, -0.1) is 0 Å². The van der Waals surface area contributed by atoms with Crippen molar-refractivity contribution in [3.8, 4) is 0 Å². The first-order valence-corrected chi connectivity index (χ1v) is 11.0. The molecule has 0 aliphatic carbocycles. The first-order chi connectivity index (χ1) is 13.1. The summed E-state index contributed by atoms with van der Waals surface area (Å²) in [6.07, 6.45) is 3.66. The highest BCUT2D eigenvalue weighted by molar-refractivity contribution is 7.85. The molecule has 1 N–H and O–H groups in total. The molecule has 0 bridgehead atoms. The number of hydrogen-bond donors (Lipinski definition) is 1. The molecule has 0 aliphatic heterocycles. The van der Waals surface area contributed by atoms with Crippen LogP contribution >= 0.6 is 0 Å². The maximum Gasteiger partial charge on any atom is 0.338 e. The smallest absolute Gasteiger partial charge is 0.338 e. The van der Waals surface area contributed by atoms with Crippen LogP contribution in [0.3, 0.4) is 0 Å². The molecule has 2 unspecified atom stereocenters. The largest absolute Gasteiger partial charge is 0.462 e. The second-order valence-electron chi connectivity index (χ2n) is 7.21. The number of benzene rings is 1. The van der Waals surface area contributed by atoms with Crippen LogP contribution in [0.1, 0.15) is 74.1 Å². The topological polar surface area (TPSA) is 107 Å². The molecular weight excluding hydrogens is 384 g/mol. The van der Waals surface area contributed by atoms with E-state index in [1.54, 1.807) is 0 Å². The van der Waals surface area contributed by atoms with Gasteiger partial charge >= 0.3 is 11.9 Å². The lowest BCUT2D eigenvalue weighted by molar-refractivity contribution is 0.0440. The fourth-order valence-electron chi connectivity index (χ4n) is 2.74. The van der Waals surface area contributed by atoms with E-state index in [0.29, 0.717) is 0 Å². The van der Waals surface area contributed by atoms with Gasteiger partial charge in [0.05, 0.1) is 29.2 Å². The lowest BCUT2D eigenvalue weighted by Crippen LogP contribution is -2.16. The number of hydrogen-bond acceptors (Lipinski definition) is 6. The monoisotopic (exact) mass is 414 g/mol. The van der Waals surface area contributed by atoms with E-state index in [-0.39, 0.29) is 36.2 Å². The SMILES string of the molecule is CCCC(C)COC(=O)c1cc(C(=O)OCC(C)CCC)cc(S(=O)(=O)O)c1. The first kappa shape index (κ1) is 24.1. The van der Waals surface area contributed by atoms with Gasteiger partial charge in [0.1, 0.15) is 0 Å². The Morgan fingerprint density at radius 3 is 1.61 bits per heavy atom. The molecule has 28 heavy (non-hydrogen) atoms. The predicted octanol–water partition coefficient (Wildman–Crippen LogP) is 4.12. The summed E-state index contributed by atoms with van der Waals surface area (Å²) in [5.41, 5.74) is -0.264. The minimum absolute atomic E-state index is 0.132. The molecule has 8 heteroatoms. The maximum atomic E-state index is 12.3. The minimum Gasteiger partial charge on any atom is -0.462 e. The second-order valence-corrected chi connectivity index (χ2v) is 8.63. The highest BCUT2D eigenvalue weighted by atomic mass is 32.2. The van der Waals surface area contributed by atoms with E-state index in [1.165, 1.54) is 6.07 Å². The second kappa shape index (κ2) is 11.2. The van der Waals surface area contributed by atoms with Crippen LogP contribution < -0.4 is 0 Å². The van der Waals surface area contributed by atoms with Crippen molar-refractivity contribution in [3.05, 3.63) is 29.3 Å². The number of ether oxygens (including phenoxy) is 2. The minimum atomic E-state index is -4.61. The van der Waals surface area contributed by atoms with Crippen LogP contribution in [0.15, 0.2) is 23.1 Å². The van der Waals surface area contributed by atoms with Crippen LogP contribution in [0, 0.1) is 11.8 Å². The Kier molecular flexibility index (Phi) is 9.61. The fraction of sp³-hybridized carbons (Fsp3) is 0.600. The summed E-state index contributed by atoms with van der Waals surface area (Å²) in [7, 11) is -4.61. The van der Waals surface area contributed by atoms with Crippen molar-refractivity contribution < 1.29 is 32.0 Å². The van der Waals surface area contributed by atoms with E-state index in [9.17, 15) is 22.6 Å². The van der Waals surface area contributed by atoms with Gasteiger partial charge in [-0.1, -0.05) is 40.5 Å². The van der Waals surface area contributed by atoms with E-state index in [1.807, 2.05) is 27.7 Å². The van der Waals surface area contributed by atoms with Crippen molar-refractivity contribution in [1.29, 1.82) is 0 Å². The van der Waals surface area contributed by atoms with Crippen LogP contribution in [0.2, 0.25) is 0 Å². The number of rotatable bonds is 11. The van der Waals surface area contributed by atoms with Gasteiger partial charge < -0.3 is 9.47 Å². The molecule has 158 valence electrons. The van der Waals surface area contributed by atoms with Gasteiger partial charge in [0.25, 0.3) is 10.1 Å². The van der Waals surface area contributed by atoms with Gasteiger partial charge in [-0.2, -0.15) is 8.42 Å². The lowest BCUT2D eigenvalue weighted by Gasteiger charge is -2.13. The van der Waals surface area contributed by atoms with E-state index in [0.717, 1.165) is 37.8 Å². The summed E-state index contributed by atoms with van der Waals surface area (Å²) in [4.78, 5) is 24.1. The Hall–Kier alpha value is -1.93. The molecule has 1 aromatic rings. The van der Waals surface area contributed by atoms with Crippen molar-refractivity contribution in [2.75, 3.05) is 13.2 Å². The number of carbonyl (C=O) groups is 2. The van der Waals surface area contributed by atoms with Gasteiger partial charge in [-0.25, -0.2) is 9.59 Å². The summed E-state index contributed by atoms with van der Waals surface area (Å²) in [5.74, 6) is -1.21. The van der Waals surface area contributed by atoms with Crippen LogP contribution in [-0.4, -0.2) is 38.1 Å². The van der Waals surface area contributed by atoms with Crippen LogP contribution in [0.5, 0.6) is 0 Å². The zero-order valence-corrected chi connectivity index (χ0v) is 17.8. The van der Waals surface area contributed by atoms with Crippen molar-refractivity contribution in [1.82, 2.24) is 0 Å². The molecule has 0 aromatic heterocycles. The molecule has 1 rings (SSSR count). The van der Waals surface area contributed by atoms with E-state index in [4.69, 9.17) is 9.47 Å². The van der Waals surface area contributed by atoms with Crippen LogP contribution in [0.25, 0.3) is 0 Å². The molecule has 0 heterocycles. The number of esters is 2. The molecule has 0 radical (unpaired) electrons. The summed E-state index contributed by atoms with van der Waals surface area (Å²) in [5, 5.41) is 0. The zero-order chi connectivity index (χ0) is 21.3. The molecular formula is C20H30O7S. The van der Waals surface area contributed by atoms with Gasteiger partial charge in [0.15, 0.2) is 0 Å². The van der Waals surface area contributed by atoms with Crippen molar-refractivity contribution in [3.63, 3.8) is 0 Å². The van der Waals surface area contributed by atoms with Crippen LogP contribution in [0.4, 0.5) is 0 Å². The third kappa shape index (κ3) is 7.98. The van der Waals surface area contributed by atoms with Crippen molar-refractivity contribution >= 4 is 22.1 Å². The lowest BCUT2D eigenvalue weighted by atomic mass is 10.1. The average molecular weight is 415 g/mol. The predicted molar refractivity (Wildman–Crippen MR) is 105 cm³/mol. The zero-order valence-electron chi connectivity index (χ0n) is 16.9. The molecule has 0 saturated heterocycles. The van der Waals surface area contributed by atoms with Crippen molar-refractivity contribution in [2.24, 2.45) is 11.8 Å². The molecule has 0 spiro atoms. The van der Waals surface area contributed by atoms with Gasteiger partial charge in [-0.3, -0.25) is 4.55 Å². The third-order valence-electron chi connectivity index (χ3n) is 4.24. The quantitative estimate of drug-likeness (QED) is 0.429. The maximum absolute atomic E-state index is 12.3. The van der Waals surface area contributed by atoms with E-state index < -0.39 is 27.0 Å². The molecule has 7 nitrogen and oxygen atoms in total. The Morgan fingerprint density at radius 1 is 0.893 bits per heavy atom. The highest BCUT2D eigenvalue weighted by Crippen LogP contribution is 2.18. The van der Waals surface area contributed by atoms with Gasteiger partial charge in [-0.05, 0) is 42.9 Å². The third-order valence-corrected chi connectivity index (χ3v) is 5.07. The highest BCUT2D eigenvalue weighted by Gasteiger charge is 2.21. The molecule has 1 aromatic carbocycles. The molecule has 0 aliphatic rings. The molecule has 0 fully saturated rings. The van der Waals surface area contributed by atoms with Gasteiger partial charge in [0.2, 0.25) is 0 Å².